The smallest absolute Gasteiger partial charge is 0.389 e. The lowest BCUT2D eigenvalue weighted by Crippen LogP contribution is -2.59. The van der Waals surface area contributed by atoms with Crippen molar-refractivity contribution in [1.82, 2.24) is 15.5 Å². The van der Waals surface area contributed by atoms with Crippen LogP contribution in [-0.4, -0.2) is 76.4 Å². The molecular weight excluding hydrogens is 511 g/mol. The number of carboxylic acids is 1. The third-order valence-electron chi connectivity index (χ3n) is 6.51. The third kappa shape index (κ3) is 9.19. The molecular formula is C25H34F3N3O7. The molecule has 13 heteroatoms. The van der Waals surface area contributed by atoms with E-state index >= 15 is 0 Å². The average molecular weight is 546 g/mol. The van der Waals surface area contributed by atoms with Crippen LogP contribution >= 0.6 is 0 Å². The number of halogens is 3. The molecule has 0 spiro atoms. The number of aromatic hydroxyl groups is 1. The molecule has 0 aromatic heterocycles. The Morgan fingerprint density at radius 1 is 1.18 bits per heavy atom. The lowest BCUT2D eigenvalue weighted by atomic mass is 9.96. The zero-order valence-corrected chi connectivity index (χ0v) is 21.2. The number of hydrogen-bond acceptors (Lipinski definition) is 6. The summed E-state index contributed by atoms with van der Waals surface area (Å²) < 4.78 is 43.5. The van der Waals surface area contributed by atoms with Crippen LogP contribution in [0.15, 0.2) is 24.3 Å². The third-order valence-corrected chi connectivity index (χ3v) is 6.51. The normalized spacial score (nSPS) is 18.6. The molecule has 4 N–H and O–H groups in total. The molecule has 10 nitrogen and oxygen atoms in total. The summed E-state index contributed by atoms with van der Waals surface area (Å²) in [6, 6.07) is 1.78. The number of rotatable bonds is 14. The van der Waals surface area contributed by atoms with Crippen molar-refractivity contribution < 1.29 is 47.3 Å². The topological polar surface area (TPSA) is 145 Å². The Hall–Kier alpha value is -3.35. The van der Waals surface area contributed by atoms with Crippen LogP contribution in [0.3, 0.4) is 0 Å². The maximum Gasteiger partial charge on any atom is 0.389 e. The Morgan fingerprint density at radius 3 is 2.34 bits per heavy atom. The first-order chi connectivity index (χ1) is 17.9. The minimum Gasteiger partial charge on any atom is -0.508 e. The van der Waals surface area contributed by atoms with Gasteiger partial charge in [-0.2, -0.15) is 13.2 Å². The molecule has 1 aliphatic rings. The van der Waals surface area contributed by atoms with E-state index in [1.807, 2.05) is 0 Å². The number of nitrogens with one attached hydrogen (secondary N) is 2. The number of carboxylic acid groups (broad SMARTS) is 1. The standard InChI is InChI=1S/C25H34F3N3O7/c1-3-15(2)21(23(35)29-18(24(36)37)10-11-25(26,27)28)30-22(34)19(13-16-6-8-17(33)9-7-16)31(14-32)20-5-4-12-38-20/h6-9,14-15,18-21,33H,3-5,10-13H2,1-2H3,(H,29,35)(H,30,34)(H,36,37)/t15-,18-,19-,20+,21-/m0/s1. The summed E-state index contributed by atoms with van der Waals surface area (Å²) in [7, 11) is 0. The molecule has 1 saturated heterocycles. The molecule has 212 valence electrons. The van der Waals surface area contributed by atoms with E-state index in [0.29, 0.717) is 37.8 Å². The number of aliphatic carboxylic acids is 1. The molecule has 1 aromatic rings. The van der Waals surface area contributed by atoms with Gasteiger partial charge in [0.2, 0.25) is 18.2 Å². The van der Waals surface area contributed by atoms with Crippen molar-refractivity contribution in [2.24, 2.45) is 5.92 Å². The maximum atomic E-state index is 13.5. The van der Waals surface area contributed by atoms with Crippen LogP contribution < -0.4 is 10.6 Å². The highest BCUT2D eigenvalue weighted by atomic mass is 19.4. The number of carbonyl (C=O) groups is 4. The van der Waals surface area contributed by atoms with Crippen molar-refractivity contribution >= 4 is 24.2 Å². The predicted octanol–water partition coefficient (Wildman–Crippen LogP) is 2.34. The van der Waals surface area contributed by atoms with Gasteiger partial charge in [0.15, 0.2) is 0 Å². The van der Waals surface area contributed by atoms with Crippen LogP contribution in [-0.2, 0) is 30.3 Å². The van der Waals surface area contributed by atoms with Crippen molar-refractivity contribution in [2.45, 2.75) is 82.9 Å². The average Bonchev–Trinajstić information content (AvgIpc) is 3.39. The number of benzene rings is 1. The van der Waals surface area contributed by atoms with Crippen LogP contribution in [0.25, 0.3) is 0 Å². The molecule has 0 radical (unpaired) electrons. The maximum absolute atomic E-state index is 13.5. The van der Waals surface area contributed by atoms with E-state index < -0.39 is 67.1 Å². The van der Waals surface area contributed by atoms with Gasteiger partial charge in [-0.3, -0.25) is 14.4 Å². The molecule has 3 amide bonds. The Balaban J connectivity index is 2.28. The van der Waals surface area contributed by atoms with Crippen molar-refractivity contribution in [1.29, 1.82) is 0 Å². The highest BCUT2D eigenvalue weighted by Gasteiger charge is 2.37. The lowest BCUT2D eigenvalue weighted by molar-refractivity contribution is -0.149. The van der Waals surface area contributed by atoms with Crippen molar-refractivity contribution in [2.75, 3.05) is 6.61 Å². The Morgan fingerprint density at radius 2 is 1.84 bits per heavy atom. The molecule has 0 saturated carbocycles. The van der Waals surface area contributed by atoms with Crippen molar-refractivity contribution in [3.05, 3.63) is 29.8 Å². The summed E-state index contributed by atoms with van der Waals surface area (Å²) in [4.78, 5) is 51.3. The second-order valence-corrected chi connectivity index (χ2v) is 9.33. The van der Waals surface area contributed by atoms with Crippen molar-refractivity contribution in [3.8, 4) is 5.75 Å². The van der Waals surface area contributed by atoms with Gasteiger partial charge in [-0.25, -0.2) is 4.79 Å². The zero-order valence-electron chi connectivity index (χ0n) is 21.2. The highest BCUT2D eigenvalue weighted by molar-refractivity contribution is 5.92. The van der Waals surface area contributed by atoms with Gasteiger partial charge in [-0.15, -0.1) is 0 Å². The van der Waals surface area contributed by atoms with Gasteiger partial charge < -0.3 is 30.5 Å². The van der Waals surface area contributed by atoms with Gasteiger partial charge in [0.1, 0.15) is 30.1 Å². The summed E-state index contributed by atoms with van der Waals surface area (Å²) in [5, 5.41) is 23.6. The first-order valence-electron chi connectivity index (χ1n) is 12.4. The summed E-state index contributed by atoms with van der Waals surface area (Å²) >= 11 is 0. The van der Waals surface area contributed by atoms with E-state index in [9.17, 15) is 42.6 Å². The summed E-state index contributed by atoms with van der Waals surface area (Å²) in [6.07, 6.45) is -5.51. The molecule has 1 aromatic carbocycles. The quantitative estimate of drug-likeness (QED) is 0.263. The Kier molecular flexibility index (Phi) is 11.4. The second kappa shape index (κ2) is 14.0. The van der Waals surface area contributed by atoms with E-state index in [2.05, 4.69) is 10.6 Å². The molecule has 1 fully saturated rings. The summed E-state index contributed by atoms with van der Waals surface area (Å²) in [5.74, 6) is -3.80. The van der Waals surface area contributed by atoms with Gasteiger partial charge in [0, 0.05) is 19.4 Å². The number of phenolic OH excluding ortho intramolecular Hbond substituents is 1. The largest absolute Gasteiger partial charge is 0.508 e. The monoisotopic (exact) mass is 545 g/mol. The number of nitrogens with zero attached hydrogens (tertiary/aromatic N) is 1. The molecule has 1 heterocycles. The molecule has 38 heavy (non-hydrogen) atoms. The fourth-order valence-corrected chi connectivity index (χ4v) is 4.10. The van der Waals surface area contributed by atoms with Crippen LogP contribution in [0.2, 0.25) is 0 Å². The first-order valence-corrected chi connectivity index (χ1v) is 12.4. The fourth-order valence-electron chi connectivity index (χ4n) is 4.10. The number of ether oxygens (including phenoxy) is 1. The molecule has 2 rings (SSSR count). The minimum atomic E-state index is -4.61. The summed E-state index contributed by atoms with van der Waals surface area (Å²) in [5.41, 5.74) is 0.607. The SMILES string of the molecule is CC[C@H](C)[C@H](NC(=O)[C@H](Cc1ccc(O)cc1)N(C=O)[C@H]1CCCO1)C(=O)N[C@@H](CCC(F)(F)F)C(=O)O. The fraction of sp³-hybridized carbons (Fsp3) is 0.600. The van der Waals surface area contributed by atoms with Crippen LogP contribution in [0.5, 0.6) is 5.75 Å². The Bertz CT molecular complexity index is 953. The highest BCUT2D eigenvalue weighted by Crippen LogP contribution is 2.23. The number of hydrogen-bond donors (Lipinski definition) is 4. The Labute approximate surface area is 218 Å². The van der Waals surface area contributed by atoms with Crippen molar-refractivity contribution in [3.63, 3.8) is 0 Å². The van der Waals surface area contributed by atoms with E-state index in [1.54, 1.807) is 26.0 Å². The second-order valence-electron chi connectivity index (χ2n) is 9.33. The minimum absolute atomic E-state index is 0.00753. The lowest BCUT2D eigenvalue weighted by Gasteiger charge is -2.34. The first kappa shape index (κ1) is 30.9. The number of alkyl halides is 3. The number of amides is 3. The molecule has 0 aliphatic carbocycles. The van der Waals surface area contributed by atoms with Gasteiger partial charge >= 0.3 is 12.1 Å². The van der Waals surface area contributed by atoms with E-state index in [1.165, 1.54) is 17.0 Å². The number of carbonyl (C=O) groups excluding carboxylic acids is 3. The van der Waals surface area contributed by atoms with Gasteiger partial charge in [0.05, 0.1) is 0 Å². The van der Waals surface area contributed by atoms with Gasteiger partial charge in [0.25, 0.3) is 0 Å². The van der Waals surface area contributed by atoms with E-state index in [0.717, 1.165) is 0 Å². The predicted molar refractivity (Wildman–Crippen MR) is 129 cm³/mol. The zero-order chi connectivity index (χ0) is 28.5. The molecule has 5 atom stereocenters. The van der Waals surface area contributed by atoms with Gasteiger partial charge in [-0.1, -0.05) is 32.4 Å². The molecule has 1 aliphatic heterocycles. The van der Waals surface area contributed by atoms with E-state index in [-0.39, 0.29) is 12.2 Å². The van der Waals surface area contributed by atoms with E-state index in [4.69, 9.17) is 4.74 Å². The summed E-state index contributed by atoms with van der Waals surface area (Å²) in [6.45, 7) is 3.75. The molecule has 0 unspecified atom stereocenters. The van der Waals surface area contributed by atoms with Crippen LogP contribution in [0, 0.1) is 5.92 Å². The number of phenols is 1. The van der Waals surface area contributed by atoms with Gasteiger partial charge in [-0.05, 0) is 42.9 Å². The van der Waals surface area contributed by atoms with Crippen LogP contribution in [0.1, 0.15) is 51.5 Å². The van der Waals surface area contributed by atoms with Crippen LogP contribution in [0.4, 0.5) is 13.2 Å². The molecule has 0 bridgehead atoms.